The predicted octanol–water partition coefficient (Wildman–Crippen LogP) is 1.09. The van der Waals surface area contributed by atoms with Gasteiger partial charge in [-0.15, -0.1) is 0 Å². The van der Waals surface area contributed by atoms with Crippen LogP contribution >= 0.6 is 0 Å². The van der Waals surface area contributed by atoms with Gasteiger partial charge >= 0.3 is 0 Å². The molecule has 0 radical (unpaired) electrons. The Labute approximate surface area is 124 Å². The number of primary amides is 1. The number of nitrogens with zero attached hydrogens (tertiary/aromatic N) is 2. The fraction of sp³-hybridized carbons (Fsp3) is 0.500. The summed E-state index contributed by atoms with van der Waals surface area (Å²) >= 11 is 0. The average molecular weight is 287 g/mol. The summed E-state index contributed by atoms with van der Waals surface area (Å²) < 4.78 is 0. The third kappa shape index (κ3) is 2.86. The van der Waals surface area contributed by atoms with Crippen molar-refractivity contribution in [2.45, 2.75) is 13.3 Å². The van der Waals surface area contributed by atoms with Crippen molar-refractivity contribution in [1.29, 1.82) is 0 Å². The maximum absolute atomic E-state index is 12.2. The van der Waals surface area contributed by atoms with E-state index in [4.69, 9.17) is 5.73 Å². The Morgan fingerprint density at radius 2 is 1.67 bits per heavy atom. The number of hydrogen-bond acceptors (Lipinski definition) is 3. The zero-order valence-corrected chi connectivity index (χ0v) is 12.3. The van der Waals surface area contributed by atoms with E-state index in [1.165, 1.54) is 0 Å². The highest BCUT2D eigenvalue weighted by molar-refractivity contribution is 5.93. The lowest BCUT2D eigenvalue weighted by Gasteiger charge is -2.36. The Morgan fingerprint density at radius 3 is 2.14 bits per heavy atom. The quantitative estimate of drug-likeness (QED) is 0.905. The molecule has 2 aliphatic rings. The molecule has 3 rings (SSSR count). The first-order chi connectivity index (χ1) is 10.1. The zero-order chi connectivity index (χ0) is 15.0. The lowest BCUT2D eigenvalue weighted by molar-refractivity contribution is -0.133. The van der Waals surface area contributed by atoms with Crippen molar-refractivity contribution in [3.8, 4) is 0 Å². The van der Waals surface area contributed by atoms with Crippen LogP contribution in [0.1, 0.15) is 23.7 Å². The van der Waals surface area contributed by atoms with Gasteiger partial charge in [0.2, 0.25) is 11.8 Å². The molecule has 1 saturated carbocycles. The molecule has 1 saturated heterocycles. The number of hydrogen-bond donors (Lipinski definition) is 1. The van der Waals surface area contributed by atoms with E-state index in [2.05, 4.69) is 11.8 Å². The fourth-order valence-electron chi connectivity index (χ4n) is 2.92. The fourth-order valence-corrected chi connectivity index (χ4v) is 2.92. The molecule has 2 fully saturated rings. The Bertz CT molecular complexity index is 547. The number of amides is 2. The SMILES string of the molecule is CC1CC1C(=O)N1CCN(c2ccc(C(N)=O)cc2)CC1. The molecule has 1 aromatic carbocycles. The molecule has 2 unspecified atom stereocenters. The maximum atomic E-state index is 12.2. The van der Waals surface area contributed by atoms with Gasteiger partial charge in [-0.2, -0.15) is 0 Å². The van der Waals surface area contributed by atoms with Crippen LogP contribution in [-0.2, 0) is 4.79 Å². The van der Waals surface area contributed by atoms with Gasteiger partial charge in [-0.3, -0.25) is 9.59 Å². The number of rotatable bonds is 3. The first-order valence-corrected chi connectivity index (χ1v) is 7.50. The van der Waals surface area contributed by atoms with Crippen molar-refractivity contribution in [3.63, 3.8) is 0 Å². The zero-order valence-electron chi connectivity index (χ0n) is 12.3. The van der Waals surface area contributed by atoms with Crippen LogP contribution in [0.4, 0.5) is 5.69 Å². The molecule has 1 aliphatic carbocycles. The topological polar surface area (TPSA) is 66.6 Å². The molecule has 21 heavy (non-hydrogen) atoms. The van der Waals surface area contributed by atoms with Gasteiger partial charge in [-0.05, 0) is 36.6 Å². The third-order valence-electron chi connectivity index (χ3n) is 4.53. The Balaban J connectivity index is 1.58. The first kappa shape index (κ1) is 13.9. The van der Waals surface area contributed by atoms with Gasteiger partial charge in [0, 0.05) is 43.3 Å². The second-order valence-electron chi connectivity index (χ2n) is 6.04. The van der Waals surface area contributed by atoms with Gasteiger partial charge in [-0.1, -0.05) is 6.92 Å². The van der Waals surface area contributed by atoms with E-state index < -0.39 is 5.91 Å². The van der Waals surface area contributed by atoms with Crippen LogP contribution in [-0.4, -0.2) is 42.9 Å². The van der Waals surface area contributed by atoms with Crippen LogP contribution < -0.4 is 10.6 Å². The molecule has 5 nitrogen and oxygen atoms in total. The summed E-state index contributed by atoms with van der Waals surface area (Å²) in [7, 11) is 0. The highest BCUT2D eigenvalue weighted by atomic mass is 16.2. The summed E-state index contributed by atoms with van der Waals surface area (Å²) in [6.45, 7) is 5.36. The van der Waals surface area contributed by atoms with Gasteiger partial charge in [0.15, 0.2) is 0 Å². The number of carbonyl (C=O) groups is 2. The number of anilines is 1. The van der Waals surface area contributed by atoms with Gasteiger partial charge in [-0.25, -0.2) is 0 Å². The van der Waals surface area contributed by atoms with E-state index in [0.717, 1.165) is 38.3 Å². The largest absolute Gasteiger partial charge is 0.368 e. The standard InChI is InChI=1S/C16H21N3O2/c1-11-10-14(11)16(21)19-8-6-18(7-9-19)13-4-2-12(3-5-13)15(17)20/h2-5,11,14H,6-10H2,1H3,(H2,17,20). The number of piperazine rings is 1. The van der Waals surface area contributed by atoms with Crippen molar-refractivity contribution < 1.29 is 9.59 Å². The molecular weight excluding hydrogens is 266 g/mol. The minimum absolute atomic E-state index is 0.270. The molecule has 1 aromatic rings. The van der Waals surface area contributed by atoms with Crippen molar-refractivity contribution in [1.82, 2.24) is 4.90 Å². The van der Waals surface area contributed by atoms with E-state index in [-0.39, 0.29) is 5.92 Å². The van der Waals surface area contributed by atoms with Gasteiger partial charge in [0.05, 0.1) is 0 Å². The molecule has 1 heterocycles. The van der Waals surface area contributed by atoms with Crippen molar-refractivity contribution in [2.75, 3.05) is 31.1 Å². The van der Waals surface area contributed by atoms with Crippen LogP contribution in [0.15, 0.2) is 24.3 Å². The molecule has 5 heteroatoms. The molecule has 2 N–H and O–H groups in total. The van der Waals surface area contributed by atoms with Gasteiger partial charge in [0.25, 0.3) is 0 Å². The lowest BCUT2D eigenvalue weighted by Crippen LogP contribution is -2.49. The van der Waals surface area contributed by atoms with Gasteiger partial charge in [0.1, 0.15) is 0 Å². The molecule has 1 aliphatic heterocycles. The van der Waals surface area contributed by atoms with Crippen molar-refractivity contribution >= 4 is 17.5 Å². The summed E-state index contributed by atoms with van der Waals surface area (Å²) in [5, 5.41) is 0. The van der Waals surface area contributed by atoms with Crippen LogP contribution in [0.5, 0.6) is 0 Å². The van der Waals surface area contributed by atoms with E-state index >= 15 is 0 Å². The molecule has 0 spiro atoms. The predicted molar refractivity (Wildman–Crippen MR) is 81.0 cm³/mol. The molecule has 2 amide bonds. The summed E-state index contributed by atoms with van der Waals surface area (Å²) in [5.74, 6) is 0.755. The Kier molecular flexibility index (Phi) is 3.57. The van der Waals surface area contributed by atoms with Crippen molar-refractivity contribution in [3.05, 3.63) is 29.8 Å². The highest BCUT2D eigenvalue weighted by Gasteiger charge is 2.41. The summed E-state index contributed by atoms with van der Waals surface area (Å²) in [6, 6.07) is 7.34. The van der Waals surface area contributed by atoms with E-state index in [1.54, 1.807) is 12.1 Å². The summed E-state index contributed by atoms with van der Waals surface area (Å²) in [4.78, 5) is 27.5. The smallest absolute Gasteiger partial charge is 0.248 e. The Morgan fingerprint density at radius 1 is 1.10 bits per heavy atom. The summed E-state index contributed by atoms with van der Waals surface area (Å²) in [6.07, 6.45) is 1.05. The van der Waals surface area contributed by atoms with Crippen LogP contribution in [0.2, 0.25) is 0 Å². The highest BCUT2D eigenvalue weighted by Crippen LogP contribution is 2.39. The van der Waals surface area contributed by atoms with E-state index in [0.29, 0.717) is 17.4 Å². The second kappa shape index (κ2) is 5.39. The number of carbonyl (C=O) groups excluding carboxylic acids is 2. The maximum Gasteiger partial charge on any atom is 0.248 e. The third-order valence-corrected chi connectivity index (χ3v) is 4.53. The molecule has 0 bridgehead atoms. The second-order valence-corrected chi connectivity index (χ2v) is 6.04. The molecular formula is C16H21N3O2. The monoisotopic (exact) mass is 287 g/mol. The number of benzene rings is 1. The molecule has 2 atom stereocenters. The average Bonchev–Trinajstić information content (AvgIpc) is 3.24. The van der Waals surface area contributed by atoms with Gasteiger partial charge < -0.3 is 15.5 Å². The van der Waals surface area contributed by atoms with E-state index in [1.807, 2.05) is 17.0 Å². The Hall–Kier alpha value is -2.04. The first-order valence-electron chi connectivity index (χ1n) is 7.50. The number of nitrogens with two attached hydrogens (primary N) is 1. The minimum Gasteiger partial charge on any atom is -0.368 e. The minimum atomic E-state index is -0.407. The normalized spacial score (nSPS) is 24.8. The molecule has 112 valence electrons. The van der Waals surface area contributed by atoms with Crippen LogP contribution in [0, 0.1) is 11.8 Å². The van der Waals surface area contributed by atoms with Crippen LogP contribution in [0.25, 0.3) is 0 Å². The lowest BCUT2D eigenvalue weighted by atomic mass is 10.1. The van der Waals surface area contributed by atoms with E-state index in [9.17, 15) is 9.59 Å². The molecule has 0 aromatic heterocycles. The van der Waals surface area contributed by atoms with Crippen LogP contribution in [0.3, 0.4) is 0 Å². The van der Waals surface area contributed by atoms with Crippen molar-refractivity contribution in [2.24, 2.45) is 17.6 Å². The summed E-state index contributed by atoms with van der Waals surface area (Å²) in [5.41, 5.74) is 6.84.